The summed E-state index contributed by atoms with van der Waals surface area (Å²) in [5.74, 6) is -0.562. The maximum atomic E-state index is 11.9. The highest BCUT2D eigenvalue weighted by molar-refractivity contribution is 6.33. The zero-order valence-corrected chi connectivity index (χ0v) is 9.98. The van der Waals surface area contributed by atoms with Crippen molar-refractivity contribution in [3.8, 4) is 5.75 Å². The highest BCUT2D eigenvalue weighted by Gasteiger charge is 2.14. The van der Waals surface area contributed by atoms with Crippen molar-refractivity contribution in [1.29, 1.82) is 0 Å². The summed E-state index contributed by atoms with van der Waals surface area (Å²) >= 11 is 5.86. The lowest BCUT2D eigenvalue weighted by molar-refractivity contribution is 0.102. The van der Waals surface area contributed by atoms with Gasteiger partial charge in [-0.3, -0.25) is 4.79 Å². The van der Waals surface area contributed by atoms with Gasteiger partial charge in [-0.1, -0.05) is 17.7 Å². The van der Waals surface area contributed by atoms with Crippen LogP contribution >= 0.6 is 11.6 Å². The van der Waals surface area contributed by atoms with Crippen molar-refractivity contribution in [3.63, 3.8) is 0 Å². The quantitative estimate of drug-likeness (QED) is 0.573. The smallest absolute Gasteiger partial charge is 0.260 e. The number of amides is 1. The molecule has 2 aromatic rings. The molecular formula is C12H10ClN3O2. The van der Waals surface area contributed by atoms with E-state index >= 15 is 0 Å². The third kappa shape index (κ3) is 2.36. The van der Waals surface area contributed by atoms with E-state index in [4.69, 9.17) is 17.3 Å². The van der Waals surface area contributed by atoms with Crippen molar-refractivity contribution in [2.45, 2.75) is 0 Å². The molecule has 5 nitrogen and oxygen atoms in total. The molecule has 6 heteroatoms. The Labute approximate surface area is 108 Å². The number of halogens is 1. The number of nitrogen functional groups attached to an aromatic ring is 1. The first-order chi connectivity index (χ1) is 8.59. The number of carbonyl (C=O) groups is 1. The number of aromatic nitrogens is 1. The molecule has 0 atom stereocenters. The van der Waals surface area contributed by atoms with Crippen LogP contribution in [0.3, 0.4) is 0 Å². The summed E-state index contributed by atoms with van der Waals surface area (Å²) in [6.07, 6.45) is 1.50. The van der Waals surface area contributed by atoms with E-state index in [1.165, 1.54) is 18.3 Å². The molecule has 4 N–H and O–H groups in total. The number of carbonyl (C=O) groups excluding carboxylic acids is 1. The van der Waals surface area contributed by atoms with Gasteiger partial charge in [-0.2, -0.15) is 0 Å². The van der Waals surface area contributed by atoms with Gasteiger partial charge in [0, 0.05) is 6.20 Å². The molecule has 0 fully saturated rings. The Hall–Kier alpha value is -2.27. The molecular weight excluding hydrogens is 254 g/mol. The fourth-order valence-electron chi connectivity index (χ4n) is 1.40. The van der Waals surface area contributed by atoms with Gasteiger partial charge >= 0.3 is 0 Å². The minimum atomic E-state index is -0.527. The van der Waals surface area contributed by atoms with Crippen molar-refractivity contribution in [3.05, 3.63) is 47.1 Å². The summed E-state index contributed by atoms with van der Waals surface area (Å²) in [5.41, 5.74) is 5.71. The molecule has 0 bridgehead atoms. The van der Waals surface area contributed by atoms with Gasteiger partial charge < -0.3 is 16.2 Å². The highest BCUT2D eigenvalue weighted by atomic mass is 35.5. The Morgan fingerprint density at radius 1 is 1.33 bits per heavy atom. The normalized spacial score (nSPS) is 10.1. The van der Waals surface area contributed by atoms with Crippen molar-refractivity contribution < 1.29 is 9.90 Å². The lowest BCUT2D eigenvalue weighted by atomic mass is 10.1. The number of phenolic OH excluding ortho intramolecular Hbond substituents is 1. The van der Waals surface area contributed by atoms with Crippen molar-refractivity contribution in [2.75, 3.05) is 11.1 Å². The summed E-state index contributed by atoms with van der Waals surface area (Å²) in [6, 6.07) is 7.78. The second kappa shape index (κ2) is 4.93. The maximum absolute atomic E-state index is 11.9. The van der Waals surface area contributed by atoms with E-state index in [2.05, 4.69) is 10.3 Å². The number of rotatable bonds is 2. The van der Waals surface area contributed by atoms with E-state index in [1.807, 2.05) is 0 Å². The first-order valence-electron chi connectivity index (χ1n) is 5.09. The van der Waals surface area contributed by atoms with E-state index in [1.54, 1.807) is 18.2 Å². The van der Waals surface area contributed by atoms with Gasteiger partial charge in [0.2, 0.25) is 0 Å². The zero-order valence-electron chi connectivity index (χ0n) is 9.22. The van der Waals surface area contributed by atoms with Gasteiger partial charge in [0.15, 0.2) is 11.6 Å². The largest absolute Gasteiger partial charge is 0.505 e. The van der Waals surface area contributed by atoms with Crippen molar-refractivity contribution in [1.82, 2.24) is 4.98 Å². The van der Waals surface area contributed by atoms with Crippen LogP contribution in [-0.4, -0.2) is 16.0 Å². The van der Waals surface area contributed by atoms with Crippen LogP contribution in [0.15, 0.2) is 36.5 Å². The molecule has 0 spiro atoms. The van der Waals surface area contributed by atoms with Crippen LogP contribution in [-0.2, 0) is 0 Å². The Bertz CT molecular complexity index is 602. The highest BCUT2D eigenvalue weighted by Crippen LogP contribution is 2.26. The summed E-state index contributed by atoms with van der Waals surface area (Å²) in [6.45, 7) is 0. The Morgan fingerprint density at radius 2 is 2.11 bits per heavy atom. The molecule has 92 valence electrons. The molecule has 0 aliphatic heterocycles. The van der Waals surface area contributed by atoms with Crippen LogP contribution in [0.2, 0.25) is 5.02 Å². The van der Waals surface area contributed by atoms with Crippen LogP contribution in [0.25, 0.3) is 0 Å². The number of para-hydroxylation sites is 1. The maximum Gasteiger partial charge on any atom is 0.260 e. The van der Waals surface area contributed by atoms with Gasteiger partial charge in [0.05, 0.1) is 16.3 Å². The molecule has 0 radical (unpaired) electrons. The van der Waals surface area contributed by atoms with Crippen molar-refractivity contribution in [2.24, 2.45) is 0 Å². The molecule has 0 aliphatic rings. The van der Waals surface area contributed by atoms with E-state index in [-0.39, 0.29) is 22.8 Å². The third-order valence-corrected chi connectivity index (χ3v) is 2.61. The lowest BCUT2D eigenvalue weighted by Gasteiger charge is -2.08. The first-order valence-corrected chi connectivity index (χ1v) is 5.46. The minimum absolute atomic E-state index is 0.0664. The molecule has 18 heavy (non-hydrogen) atoms. The topological polar surface area (TPSA) is 88.2 Å². The number of benzene rings is 1. The SMILES string of the molecule is Nc1cccc(C(=O)Nc2ncccc2Cl)c1O. The Kier molecular flexibility index (Phi) is 3.34. The minimum Gasteiger partial charge on any atom is -0.505 e. The number of anilines is 2. The average Bonchev–Trinajstić information content (AvgIpc) is 2.35. The molecule has 1 amide bonds. The van der Waals surface area contributed by atoms with E-state index in [0.717, 1.165) is 0 Å². The number of nitrogens with one attached hydrogen (secondary N) is 1. The molecule has 1 aromatic carbocycles. The number of phenols is 1. The van der Waals surface area contributed by atoms with Gasteiger partial charge in [-0.05, 0) is 24.3 Å². The predicted octanol–water partition coefficient (Wildman–Crippen LogP) is 2.28. The molecule has 0 aliphatic carbocycles. The molecule has 0 saturated heterocycles. The van der Waals surface area contributed by atoms with Gasteiger partial charge in [-0.15, -0.1) is 0 Å². The zero-order chi connectivity index (χ0) is 13.1. The van der Waals surface area contributed by atoms with Crippen LogP contribution in [0.4, 0.5) is 11.5 Å². The fraction of sp³-hybridized carbons (Fsp3) is 0. The van der Waals surface area contributed by atoms with Crippen LogP contribution in [0, 0.1) is 0 Å². The Balaban J connectivity index is 2.28. The van der Waals surface area contributed by atoms with E-state index in [9.17, 15) is 9.90 Å². The second-order valence-corrected chi connectivity index (χ2v) is 3.94. The summed E-state index contributed by atoms with van der Waals surface area (Å²) in [4.78, 5) is 15.8. The van der Waals surface area contributed by atoms with Crippen LogP contribution < -0.4 is 11.1 Å². The summed E-state index contributed by atoms with van der Waals surface area (Å²) < 4.78 is 0. The first kappa shape index (κ1) is 12.2. The number of pyridine rings is 1. The van der Waals surface area contributed by atoms with Crippen LogP contribution in [0.5, 0.6) is 5.75 Å². The lowest BCUT2D eigenvalue weighted by Crippen LogP contribution is -2.13. The monoisotopic (exact) mass is 263 g/mol. The molecule has 2 rings (SSSR count). The second-order valence-electron chi connectivity index (χ2n) is 3.53. The number of hydrogen-bond acceptors (Lipinski definition) is 4. The Morgan fingerprint density at radius 3 is 2.83 bits per heavy atom. The van der Waals surface area contributed by atoms with Crippen LogP contribution in [0.1, 0.15) is 10.4 Å². The number of aromatic hydroxyl groups is 1. The molecule has 1 aromatic heterocycles. The number of nitrogens with zero attached hydrogens (tertiary/aromatic N) is 1. The average molecular weight is 264 g/mol. The molecule has 1 heterocycles. The van der Waals surface area contributed by atoms with Gasteiger partial charge in [0.25, 0.3) is 5.91 Å². The standard InChI is InChI=1S/C12H10ClN3O2/c13-8-4-2-6-15-11(8)16-12(18)7-3-1-5-9(14)10(7)17/h1-6,17H,14H2,(H,15,16,18). The van der Waals surface area contributed by atoms with E-state index < -0.39 is 5.91 Å². The molecule has 0 unspecified atom stereocenters. The summed E-state index contributed by atoms with van der Waals surface area (Å²) in [5, 5.41) is 12.5. The fourth-order valence-corrected chi connectivity index (χ4v) is 1.57. The van der Waals surface area contributed by atoms with Gasteiger partial charge in [0.1, 0.15) is 0 Å². The number of nitrogens with two attached hydrogens (primary N) is 1. The summed E-state index contributed by atoms with van der Waals surface area (Å²) in [7, 11) is 0. The third-order valence-electron chi connectivity index (χ3n) is 2.30. The predicted molar refractivity (Wildman–Crippen MR) is 69.7 cm³/mol. The van der Waals surface area contributed by atoms with Gasteiger partial charge in [-0.25, -0.2) is 4.98 Å². The molecule has 0 saturated carbocycles. The number of hydrogen-bond donors (Lipinski definition) is 3. The van der Waals surface area contributed by atoms with E-state index in [0.29, 0.717) is 5.02 Å². The van der Waals surface area contributed by atoms with Crippen molar-refractivity contribution >= 4 is 29.0 Å².